The predicted molar refractivity (Wildman–Crippen MR) is 292 cm³/mol. The van der Waals surface area contributed by atoms with Crippen molar-refractivity contribution in [2.24, 2.45) is 4.99 Å². The Labute approximate surface area is 411 Å². The van der Waals surface area contributed by atoms with Crippen LogP contribution in [0.1, 0.15) is 18.1 Å². The first-order valence-electron chi connectivity index (χ1n) is 23.3. The number of nitrogens with zero attached hydrogens (tertiary/aromatic N) is 5. The second kappa shape index (κ2) is 16.1. The zero-order valence-electron chi connectivity index (χ0n) is 37.7. The number of para-hydroxylation sites is 2. The topological polar surface area (TPSA) is 69.8 Å². The quantitative estimate of drug-likeness (QED) is 0.171. The number of thiophene rings is 1. The Balaban J connectivity index is 1.01. The van der Waals surface area contributed by atoms with E-state index in [9.17, 15) is 0 Å². The Morgan fingerprint density at radius 1 is 0.543 bits per heavy atom. The summed E-state index contributed by atoms with van der Waals surface area (Å²) in [6.07, 6.45) is 0. The summed E-state index contributed by atoms with van der Waals surface area (Å²) in [5.41, 5.74) is 10.8. The van der Waals surface area contributed by atoms with Gasteiger partial charge in [-0.2, -0.15) is 0 Å². The van der Waals surface area contributed by atoms with Gasteiger partial charge in [0, 0.05) is 64.2 Å². The molecule has 1 unspecified atom stereocenters. The van der Waals surface area contributed by atoms with E-state index >= 15 is 0 Å². The third-order valence-electron chi connectivity index (χ3n) is 13.6. The molecule has 2 aliphatic heterocycles. The monoisotopic (exact) mass is 936 g/mol. The number of aliphatic imine (C=N–C) groups is 1. The van der Waals surface area contributed by atoms with Crippen molar-refractivity contribution in [1.82, 2.24) is 15.3 Å². The highest BCUT2D eigenvalue weighted by molar-refractivity contribution is 8.03. The van der Waals surface area contributed by atoms with Crippen molar-refractivity contribution in [2.45, 2.75) is 17.4 Å². The summed E-state index contributed by atoms with van der Waals surface area (Å²) in [6.45, 7) is 2.28. The normalized spacial score (nSPS) is 15.4. The highest BCUT2D eigenvalue weighted by Crippen LogP contribution is 2.56. The fourth-order valence-corrected chi connectivity index (χ4v) is 12.8. The number of hydrogen-bond donors (Lipinski definition) is 1. The second-order valence-corrected chi connectivity index (χ2v) is 19.9. The first kappa shape index (κ1) is 40.6. The number of benzene rings is 9. The van der Waals surface area contributed by atoms with Gasteiger partial charge in [0.05, 0.1) is 27.1 Å². The van der Waals surface area contributed by atoms with Gasteiger partial charge >= 0.3 is 0 Å². The van der Waals surface area contributed by atoms with Crippen molar-refractivity contribution in [3.8, 4) is 11.3 Å². The van der Waals surface area contributed by atoms with Crippen LogP contribution in [0.3, 0.4) is 0 Å². The highest BCUT2D eigenvalue weighted by atomic mass is 32.2. The third kappa shape index (κ3) is 6.39. The molecule has 0 saturated heterocycles. The summed E-state index contributed by atoms with van der Waals surface area (Å²) in [7, 11) is 0. The molecule has 9 heteroatoms. The summed E-state index contributed by atoms with van der Waals surface area (Å²) in [5, 5.41) is 9.14. The van der Waals surface area contributed by atoms with E-state index in [1.165, 1.54) is 20.1 Å². The van der Waals surface area contributed by atoms with Gasteiger partial charge in [-0.05, 0) is 78.5 Å². The predicted octanol–water partition coefficient (Wildman–Crippen LogP) is 16.5. The first-order chi connectivity index (χ1) is 34.6. The molecule has 0 spiro atoms. The zero-order chi connectivity index (χ0) is 46.3. The zero-order valence-corrected chi connectivity index (χ0v) is 39.4. The lowest BCUT2D eigenvalue weighted by atomic mass is 9.89. The van der Waals surface area contributed by atoms with Crippen molar-refractivity contribution < 1.29 is 4.42 Å². The van der Waals surface area contributed by atoms with Crippen LogP contribution in [0.25, 0.3) is 70.0 Å². The number of hydrogen-bond acceptors (Lipinski definition) is 9. The summed E-state index contributed by atoms with van der Waals surface area (Å²) >= 11 is 3.53. The van der Waals surface area contributed by atoms with Crippen LogP contribution in [0.4, 0.5) is 28.7 Å². The minimum absolute atomic E-state index is 0.529. The van der Waals surface area contributed by atoms with E-state index in [1.807, 2.05) is 12.1 Å². The van der Waals surface area contributed by atoms with Crippen molar-refractivity contribution in [1.29, 1.82) is 0 Å². The van der Waals surface area contributed by atoms with Gasteiger partial charge in [-0.1, -0.05) is 169 Å². The van der Waals surface area contributed by atoms with Crippen LogP contribution in [-0.4, -0.2) is 15.9 Å². The fraction of sp³-hybridized carbons (Fsp3) is 0.0328. The van der Waals surface area contributed by atoms with Crippen LogP contribution in [0, 0.1) is 0 Å². The minimum atomic E-state index is -0.529. The standard InChI is InChI=1S/C61H40N6OS2/c1-61-48-31-17-19-33-51(48)70-58(61)53(39-22-8-3-9-23-39)63-60(65-61)66(41-25-10-4-11-26-41)43-34-35-49-46(37-43)47-36-40-24-14-15-29-44(40)55(56(47)68-49)67(42-27-12-5-13-28-42)59-62-52(38-20-6-2-7-21-38)57-54(64-59)45-30-16-18-32-50(45)69-57/h2-37H,1H3,(H,63,65). The molecule has 2 aliphatic rings. The molecule has 14 rings (SSSR count). The van der Waals surface area contributed by atoms with Gasteiger partial charge in [0.2, 0.25) is 11.9 Å². The van der Waals surface area contributed by atoms with Crippen molar-refractivity contribution >= 4 is 116 Å². The van der Waals surface area contributed by atoms with Gasteiger partial charge in [0.25, 0.3) is 0 Å². The number of rotatable bonds is 7. The lowest BCUT2D eigenvalue weighted by molar-refractivity contribution is 0.533. The average molecular weight is 937 g/mol. The number of guanidine groups is 1. The molecular weight excluding hydrogens is 897 g/mol. The maximum atomic E-state index is 7.18. The van der Waals surface area contributed by atoms with Gasteiger partial charge in [0.15, 0.2) is 5.58 Å². The van der Waals surface area contributed by atoms with E-state index < -0.39 is 5.54 Å². The third-order valence-corrected chi connectivity index (χ3v) is 16.1. The Hall–Kier alpha value is -8.50. The number of anilines is 5. The Kier molecular flexibility index (Phi) is 9.30. The van der Waals surface area contributed by atoms with E-state index in [2.05, 4.69) is 228 Å². The molecule has 0 bridgehead atoms. The molecule has 3 aromatic heterocycles. The summed E-state index contributed by atoms with van der Waals surface area (Å²) < 4.78 is 9.40. The molecule has 0 radical (unpaired) electrons. The molecule has 1 atom stereocenters. The molecule has 70 heavy (non-hydrogen) atoms. The van der Waals surface area contributed by atoms with Crippen LogP contribution in [0.15, 0.2) is 238 Å². The van der Waals surface area contributed by atoms with Gasteiger partial charge in [-0.3, -0.25) is 9.80 Å². The molecule has 12 aromatic rings. The maximum absolute atomic E-state index is 7.18. The smallest absolute Gasteiger partial charge is 0.236 e. The lowest BCUT2D eigenvalue weighted by Gasteiger charge is -2.38. The SMILES string of the molecule is CC12NC(N(c3ccccc3)c3ccc4oc5c(N(c6ccccc6)c6nc(-c7ccccc7)c7sc8ccccc8c7n6)c6ccccc6cc5c4c3)=NC(c3ccccc3)=C1Sc1ccccc12. The van der Waals surface area contributed by atoms with Crippen LogP contribution in [-0.2, 0) is 5.54 Å². The fourth-order valence-electron chi connectivity index (χ4n) is 10.3. The maximum Gasteiger partial charge on any atom is 0.236 e. The molecule has 1 N–H and O–H groups in total. The minimum Gasteiger partial charge on any atom is -0.454 e. The molecule has 0 fully saturated rings. The van der Waals surface area contributed by atoms with Crippen LogP contribution in [0.5, 0.6) is 0 Å². The average Bonchev–Trinajstić information content (AvgIpc) is 4.08. The summed E-state index contributed by atoms with van der Waals surface area (Å²) in [4.78, 5) is 23.5. The molecule has 332 valence electrons. The number of aromatic nitrogens is 2. The van der Waals surface area contributed by atoms with E-state index in [1.54, 1.807) is 23.1 Å². The van der Waals surface area contributed by atoms with Crippen LogP contribution < -0.4 is 15.1 Å². The second-order valence-electron chi connectivity index (χ2n) is 17.8. The highest BCUT2D eigenvalue weighted by Gasteiger charge is 2.46. The van der Waals surface area contributed by atoms with Crippen LogP contribution >= 0.6 is 23.1 Å². The molecule has 0 aliphatic carbocycles. The number of nitrogens with one attached hydrogen (secondary N) is 1. The number of fused-ring (bicyclic) bond motifs is 10. The van der Waals surface area contributed by atoms with E-state index in [-0.39, 0.29) is 0 Å². The van der Waals surface area contributed by atoms with Gasteiger partial charge in [0.1, 0.15) is 11.3 Å². The van der Waals surface area contributed by atoms with E-state index in [4.69, 9.17) is 19.4 Å². The molecule has 0 saturated carbocycles. The Morgan fingerprint density at radius 3 is 1.96 bits per heavy atom. The molecule has 5 heterocycles. The van der Waals surface area contributed by atoms with Crippen molar-refractivity contribution in [3.63, 3.8) is 0 Å². The van der Waals surface area contributed by atoms with E-state index in [0.717, 1.165) is 99.5 Å². The van der Waals surface area contributed by atoms with Gasteiger partial charge < -0.3 is 9.73 Å². The lowest BCUT2D eigenvalue weighted by Crippen LogP contribution is -2.51. The summed E-state index contributed by atoms with van der Waals surface area (Å²) in [5.74, 6) is 1.28. The molecule has 0 amide bonds. The Bertz CT molecular complexity index is 4100. The molecule has 7 nitrogen and oxygen atoms in total. The number of thioether (sulfide) groups is 1. The first-order valence-corrected chi connectivity index (χ1v) is 25.0. The Morgan fingerprint density at radius 2 is 1.19 bits per heavy atom. The largest absolute Gasteiger partial charge is 0.454 e. The number of furan rings is 1. The van der Waals surface area contributed by atoms with Crippen molar-refractivity contribution in [3.05, 3.63) is 234 Å². The van der Waals surface area contributed by atoms with Gasteiger partial charge in [-0.25, -0.2) is 15.0 Å². The molecular formula is C61H40N6OS2. The summed E-state index contributed by atoms with van der Waals surface area (Å²) in [6, 6.07) is 76.4. The van der Waals surface area contributed by atoms with Crippen LogP contribution in [0.2, 0.25) is 0 Å². The van der Waals surface area contributed by atoms with Gasteiger partial charge in [-0.15, -0.1) is 11.3 Å². The molecule has 9 aromatic carbocycles. The van der Waals surface area contributed by atoms with Crippen molar-refractivity contribution in [2.75, 3.05) is 9.80 Å². The van der Waals surface area contributed by atoms with E-state index in [0.29, 0.717) is 5.95 Å².